The van der Waals surface area contributed by atoms with Crippen molar-refractivity contribution in [3.63, 3.8) is 0 Å². The molecule has 20 heavy (non-hydrogen) atoms. The fourth-order valence-corrected chi connectivity index (χ4v) is 2.52. The van der Waals surface area contributed by atoms with E-state index >= 15 is 0 Å². The zero-order valence-corrected chi connectivity index (χ0v) is 12.6. The van der Waals surface area contributed by atoms with Gasteiger partial charge in [-0.2, -0.15) is 0 Å². The van der Waals surface area contributed by atoms with E-state index in [9.17, 15) is 9.90 Å². The molecule has 0 aliphatic carbocycles. The highest BCUT2D eigenvalue weighted by molar-refractivity contribution is 5.79. The van der Waals surface area contributed by atoms with Crippen molar-refractivity contribution in [1.82, 2.24) is 0 Å². The first-order valence-electron chi connectivity index (χ1n) is 7.17. The molecular weight excluding hydrogens is 254 g/mol. The van der Waals surface area contributed by atoms with Crippen molar-refractivity contribution in [1.29, 1.82) is 0 Å². The van der Waals surface area contributed by atoms with E-state index in [1.165, 1.54) is 0 Å². The molecule has 0 saturated heterocycles. The third-order valence-corrected chi connectivity index (χ3v) is 3.73. The lowest BCUT2D eigenvalue weighted by Gasteiger charge is -2.22. The maximum atomic E-state index is 11.6. The van der Waals surface area contributed by atoms with Gasteiger partial charge < -0.3 is 15.6 Å². The van der Waals surface area contributed by atoms with E-state index in [1.807, 2.05) is 6.92 Å². The lowest BCUT2D eigenvalue weighted by molar-refractivity contribution is -0.140. The number of carbonyl (C=O) groups is 1. The van der Waals surface area contributed by atoms with E-state index in [1.54, 1.807) is 25.3 Å². The Morgan fingerprint density at radius 1 is 1.40 bits per heavy atom. The summed E-state index contributed by atoms with van der Waals surface area (Å²) >= 11 is 0. The van der Waals surface area contributed by atoms with Gasteiger partial charge in [0.25, 0.3) is 0 Å². The van der Waals surface area contributed by atoms with Gasteiger partial charge in [-0.1, -0.05) is 33.1 Å². The molecule has 3 N–H and O–H groups in total. The van der Waals surface area contributed by atoms with Crippen LogP contribution in [0.3, 0.4) is 0 Å². The third kappa shape index (κ3) is 4.15. The Morgan fingerprint density at radius 2 is 2.10 bits per heavy atom. The fraction of sp³-hybridized carbons (Fsp3) is 0.562. The quantitative estimate of drug-likeness (QED) is 0.562. The van der Waals surface area contributed by atoms with Gasteiger partial charge in [0, 0.05) is 5.69 Å². The minimum absolute atomic E-state index is 0.0495. The molecule has 0 heterocycles. The molecule has 112 valence electrons. The number of benzene rings is 1. The van der Waals surface area contributed by atoms with Gasteiger partial charge in [0.2, 0.25) is 0 Å². The average molecular weight is 279 g/mol. The molecule has 0 radical (unpaired) electrons. The van der Waals surface area contributed by atoms with Crippen molar-refractivity contribution in [2.24, 2.45) is 5.92 Å². The normalized spacial score (nSPS) is 13.8. The number of hydrogen-bond donors (Lipinski definition) is 2. The molecule has 0 aromatic heterocycles. The maximum absolute atomic E-state index is 11.6. The SMILES string of the molecule is CCCCCC(C)C(C(=O)O)c1cc(OC)ccc1N. The Kier molecular flexibility index (Phi) is 6.36. The Hall–Kier alpha value is -1.71. The molecule has 0 saturated carbocycles. The average Bonchev–Trinajstić information content (AvgIpc) is 2.41. The summed E-state index contributed by atoms with van der Waals surface area (Å²) in [5.74, 6) is -0.717. The van der Waals surface area contributed by atoms with Crippen LogP contribution in [-0.4, -0.2) is 18.2 Å². The molecule has 0 amide bonds. The number of methoxy groups -OCH3 is 1. The first-order chi connectivity index (χ1) is 9.51. The van der Waals surface area contributed by atoms with E-state index < -0.39 is 11.9 Å². The summed E-state index contributed by atoms with van der Waals surface area (Å²) < 4.78 is 5.17. The Bertz CT molecular complexity index is 445. The van der Waals surface area contributed by atoms with Gasteiger partial charge in [-0.3, -0.25) is 4.79 Å². The van der Waals surface area contributed by atoms with Crippen molar-refractivity contribution in [2.75, 3.05) is 12.8 Å². The molecule has 2 unspecified atom stereocenters. The Morgan fingerprint density at radius 3 is 2.65 bits per heavy atom. The molecule has 0 aliphatic rings. The largest absolute Gasteiger partial charge is 0.497 e. The van der Waals surface area contributed by atoms with Gasteiger partial charge in [-0.25, -0.2) is 0 Å². The highest BCUT2D eigenvalue weighted by Crippen LogP contribution is 2.34. The van der Waals surface area contributed by atoms with E-state index in [4.69, 9.17) is 10.5 Å². The van der Waals surface area contributed by atoms with E-state index in [0.29, 0.717) is 17.0 Å². The van der Waals surface area contributed by atoms with Crippen molar-refractivity contribution in [2.45, 2.75) is 45.4 Å². The number of rotatable bonds is 8. The first kappa shape index (κ1) is 16.3. The number of hydrogen-bond acceptors (Lipinski definition) is 3. The van der Waals surface area contributed by atoms with Crippen molar-refractivity contribution in [3.8, 4) is 5.75 Å². The van der Waals surface area contributed by atoms with Gasteiger partial charge in [-0.05, 0) is 36.1 Å². The topological polar surface area (TPSA) is 72.5 Å². The van der Waals surface area contributed by atoms with E-state index in [0.717, 1.165) is 25.7 Å². The summed E-state index contributed by atoms with van der Waals surface area (Å²) in [5, 5.41) is 9.55. The van der Waals surface area contributed by atoms with Crippen LogP contribution in [0.4, 0.5) is 5.69 Å². The molecule has 0 bridgehead atoms. The second kappa shape index (κ2) is 7.78. The lowest BCUT2D eigenvalue weighted by Crippen LogP contribution is -2.21. The molecule has 4 heteroatoms. The second-order valence-electron chi connectivity index (χ2n) is 5.28. The van der Waals surface area contributed by atoms with Crippen molar-refractivity contribution in [3.05, 3.63) is 23.8 Å². The summed E-state index contributed by atoms with van der Waals surface area (Å²) in [5.41, 5.74) is 7.12. The number of carboxylic acids is 1. The van der Waals surface area contributed by atoms with Crippen LogP contribution >= 0.6 is 0 Å². The minimum atomic E-state index is -0.825. The maximum Gasteiger partial charge on any atom is 0.311 e. The summed E-state index contributed by atoms with van der Waals surface area (Å²) in [4.78, 5) is 11.6. The van der Waals surface area contributed by atoms with Crippen LogP contribution in [0.25, 0.3) is 0 Å². The number of anilines is 1. The minimum Gasteiger partial charge on any atom is -0.497 e. The van der Waals surface area contributed by atoms with Crippen LogP contribution in [0.15, 0.2) is 18.2 Å². The molecule has 1 rings (SSSR count). The number of nitrogens with two attached hydrogens (primary N) is 1. The molecule has 2 atom stereocenters. The monoisotopic (exact) mass is 279 g/mol. The summed E-state index contributed by atoms with van der Waals surface area (Å²) in [6.45, 7) is 4.12. The molecule has 1 aromatic rings. The van der Waals surface area contributed by atoms with E-state index in [-0.39, 0.29) is 5.92 Å². The van der Waals surface area contributed by atoms with Gasteiger partial charge >= 0.3 is 5.97 Å². The highest BCUT2D eigenvalue weighted by atomic mass is 16.5. The molecule has 0 spiro atoms. The number of carboxylic acid groups (broad SMARTS) is 1. The second-order valence-corrected chi connectivity index (χ2v) is 5.28. The molecule has 1 aromatic carbocycles. The molecule has 0 fully saturated rings. The standard InChI is InChI=1S/C16H25NO3/c1-4-5-6-7-11(2)15(16(18)19)13-10-12(20-3)8-9-14(13)17/h8-11,15H,4-7,17H2,1-3H3,(H,18,19). The zero-order chi connectivity index (χ0) is 15.1. The van der Waals surface area contributed by atoms with Gasteiger partial charge in [0.05, 0.1) is 13.0 Å². The molecular formula is C16H25NO3. The van der Waals surface area contributed by atoms with Gasteiger partial charge in [-0.15, -0.1) is 0 Å². The Balaban J connectivity index is 2.98. The van der Waals surface area contributed by atoms with Crippen LogP contribution in [-0.2, 0) is 4.79 Å². The predicted molar refractivity (Wildman–Crippen MR) is 81.1 cm³/mol. The van der Waals surface area contributed by atoms with Crippen molar-refractivity contribution < 1.29 is 14.6 Å². The van der Waals surface area contributed by atoms with Crippen LogP contribution < -0.4 is 10.5 Å². The number of aliphatic carboxylic acids is 1. The van der Waals surface area contributed by atoms with Crippen LogP contribution in [0, 0.1) is 5.92 Å². The predicted octanol–water partition coefficient (Wildman–Crippen LogP) is 3.66. The highest BCUT2D eigenvalue weighted by Gasteiger charge is 2.28. The third-order valence-electron chi connectivity index (χ3n) is 3.73. The van der Waals surface area contributed by atoms with E-state index in [2.05, 4.69) is 6.92 Å². The Labute approximate surface area is 120 Å². The van der Waals surface area contributed by atoms with Crippen LogP contribution in [0.1, 0.15) is 51.0 Å². The number of unbranched alkanes of at least 4 members (excludes halogenated alkanes) is 2. The summed E-state index contributed by atoms with van der Waals surface area (Å²) in [6.07, 6.45) is 4.20. The van der Waals surface area contributed by atoms with Gasteiger partial charge in [0.15, 0.2) is 0 Å². The van der Waals surface area contributed by atoms with Crippen molar-refractivity contribution >= 4 is 11.7 Å². The smallest absolute Gasteiger partial charge is 0.311 e. The van der Waals surface area contributed by atoms with Gasteiger partial charge in [0.1, 0.15) is 5.75 Å². The molecule has 0 aliphatic heterocycles. The summed E-state index contributed by atoms with van der Waals surface area (Å²) in [6, 6.07) is 5.20. The lowest BCUT2D eigenvalue weighted by atomic mass is 9.83. The van der Waals surface area contributed by atoms with Crippen LogP contribution in [0.2, 0.25) is 0 Å². The first-order valence-corrected chi connectivity index (χ1v) is 7.17. The molecule has 4 nitrogen and oxygen atoms in total. The summed E-state index contributed by atoms with van der Waals surface area (Å²) in [7, 11) is 1.57. The number of nitrogen functional groups attached to an aromatic ring is 1. The number of ether oxygens (including phenoxy) is 1. The zero-order valence-electron chi connectivity index (χ0n) is 12.6. The fourth-order valence-electron chi connectivity index (χ4n) is 2.52. The van der Waals surface area contributed by atoms with Crippen LogP contribution in [0.5, 0.6) is 5.75 Å².